The van der Waals surface area contributed by atoms with Gasteiger partial charge in [0.05, 0.1) is 6.54 Å². The number of rotatable bonds is 8. The molecule has 2 atom stereocenters. The summed E-state index contributed by atoms with van der Waals surface area (Å²) in [5.41, 5.74) is 3.51. The molecule has 6 N–H and O–H groups in total. The van der Waals surface area contributed by atoms with Crippen molar-refractivity contribution in [2.75, 3.05) is 13.1 Å². The molecule has 0 saturated heterocycles. The minimum atomic E-state index is -1.84. The molecule has 0 heterocycles. The van der Waals surface area contributed by atoms with E-state index in [9.17, 15) is 19.8 Å². The number of aliphatic hydroxyl groups excluding tert-OH is 1. The third-order valence-corrected chi connectivity index (χ3v) is 3.37. The summed E-state index contributed by atoms with van der Waals surface area (Å²) >= 11 is 0. The Morgan fingerprint density at radius 1 is 1.33 bits per heavy atom. The van der Waals surface area contributed by atoms with E-state index in [1.54, 1.807) is 0 Å². The quantitative estimate of drug-likeness (QED) is 0.403. The Morgan fingerprint density at radius 2 is 2.05 bits per heavy atom. The second kappa shape index (κ2) is 7.80. The summed E-state index contributed by atoms with van der Waals surface area (Å²) in [5.74, 6) is -3.55. The fourth-order valence-electron chi connectivity index (χ4n) is 2.20. The number of carboxylic acids is 1. The van der Waals surface area contributed by atoms with Gasteiger partial charge in [0.25, 0.3) is 0 Å². The van der Waals surface area contributed by atoms with Crippen molar-refractivity contribution in [2.24, 2.45) is 11.7 Å². The summed E-state index contributed by atoms with van der Waals surface area (Å²) in [6.45, 7) is 0.312. The lowest BCUT2D eigenvalue weighted by molar-refractivity contribution is -0.149. The van der Waals surface area contributed by atoms with Gasteiger partial charge < -0.3 is 26.4 Å². The molecule has 0 bridgehead atoms. The van der Waals surface area contributed by atoms with Crippen LogP contribution in [0.15, 0.2) is 24.0 Å². The third kappa shape index (κ3) is 4.87. The fraction of sp³-hybridized carbons (Fsp3) is 0.571. The summed E-state index contributed by atoms with van der Waals surface area (Å²) in [6.07, 6.45) is 6.50. The van der Waals surface area contributed by atoms with E-state index < -0.39 is 23.2 Å². The van der Waals surface area contributed by atoms with Gasteiger partial charge in [-0.3, -0.25) is 9.59 Å². The van der Waals surface area contributed by atoms with Crippen LogP contribution in [0.25, 0.3) is 0 Å². The highest BCUT2D eigenvalue weighted by Crippen LogP contribution is 2.28. The van der Waals surface area contributed by atoms with Gasteiger partial charge in [-0.25, -0.2) is 0 Å². The molecule has 1 aliphatic rings. The molecule has 1 aliphatic carbocycles. The summed E-state index contributed by atoms with van der Waals surface area (Å²) < 4.78 is 0. The zero-order chi connectivity index (χ0) is 15.9. The minimum absolute atomic E-state index is 0.270. The molecule has 0 spiro atoms. The molecule has 7 nitrogen and oxygen atoms in total. The molecule has 7 heteroatoms. The first kappa shape index (κ1) is 17.2. The molecule has 21 heavy (non-hydrogen) atoms. The molecule has 0 aliphatic heterocycles. The lowest BCUT2D eigenvalue weighted by Crippen LogP contribution is -2.51. The van der Waals surface area contributed by atoms with E-state index in [2.05, 4.69) is 5.32 Å². The SMILES string of the molecule is NCCCCCC(=O)NCC1(O)C=CC=C(O)C1C(=O)O. The van der Waals surface area contributed by atoms with Crippen LogP contribution in [0.1, 0.15) is 25.7 Å². The number of carboxylic acid groups (broad SMARTS) is 1. The summed E-state index contributed by atoms with van der Waals surface area (Å²) in [7, 11) is 0. The van der Waals surface area contributed by atoms with Crippen LogP contribution in [0.4, 0.5) is 0 Å². The van der Waals surface area contributed by atoms with Gasteiger partial charge in [0.2, 0.25) is 5.91 Å². The van der Waals surface area contributed by atoms with Crippen LogP contribution in [-0.2, 0) is 9.59 Å². The van der Waals surface area contributed by atoms with Crippen LogP contribution in [0, 0.1) is 5.92 Å². The number of hydrogen-bond acceptors (Lipinski definition) is 5. The van der Waals surface area contributed by atoms with Crippen LogP contribution in [0.5, 0.6) is 0 Å². The van der Waals surface area contributed by atoms with E-state index in [0.29, 0.717) is 19.4 Å². The molecule has 0 aromatic heterocycles. The molecule has 118 valence electrons. The largest absolute Gasteiger partial charge is 0.511 e. The fourth-order valence-corrected chi connectivity index (χ4v) is 2.20. The number of carbonyl (C=O) groups is 2. The molecule has 0 fully saturated rings. The molecule has 0 radical (unpaired) electrons. The van der Waals surface area contributed by atoms with Crippen molar-refractivity contribution < 1.29 is 24.9 Å². The molecule has 0 aromatic rings. The van der Waals surface area contributed by atoms with Crippen LogP contribution in [0.2, 0.25) is 0 Å². The maximum Gasteiger partial charge on any atom is 0.317 e. The van der Waals surface area contributed by atoms with E-state index in [-0.39, 0.29) is 12.5 Å². The third-order valence-electron chi connectivity index (χ3n) is 3.37. The summed E-state index contributed by atoms with van der Waals surface area (Å²) in [5, 5.41) is 31.5. The second-order valence-corrected chi connectivity index (χ2v) is 5.09. The standard InChI is InChI=1S/C14H22N2O5/c15-8-3-1-2-6-11(18)16-9-14(21)7-4-5-10(17)12(14)13(19)20/h4-5,7,12,17,21H,1-3,6,8-9,15H2,(H,16,18)(H,19,20). The van der Waals surface area contributed by atoms with E-state index in [1.165, 1.54) is 18.2 Å². The van der Waals surface area contributed by atoms with Crippen LogP contribution >= 0.6 is 0 Å². The van der Waals surface area contributed by atoms with E-state index in [4.69, 9.17) is 10.8 Å². The molecular weight excluding hydrogens is 276 g/mol. The van der Waals surface area contributed by atoms with Crippen molar-refractivity contribution in [2.45, 2.75) is 31.3 Å². The number of aliphatic carboxylic acids is 1. The lowest BCUT2D eigenvalue weighted by atomic mass is 9.82. The Bertz CT molecular complexity index is 447. The number of nitrogens with one attached hydrogen (secondary N) is 1. The smallest absolute Gasteiger partial charge is 0.317 e. The van der Waals surface area contributed by atoms with Crippen molar-refractivity contribution in [3.05, 3.63) is 24.0 Å². The highest BCUT2D eigenvalue weighted by molar-refractivity contribution is 5.78. The molecule has 2 unspecified atom stereocenters. The van der Waals surface area contributed by atoms with Crippen molar-refractivity contribution in [3.63, 3.8) is 0 Å². The maximum atomic E-state index is 11.6. The first-order chi connectivity index (χ1) is 9.90. The van der Waals surface area contributed by atoms with Crippen molar-refractivity contribution >= 4 is 11.9 Å². The van der Waals surface area contributed by atoms with Crippen molar-refractivity contribution in [1.82, 2.24) is 5.32 Å². The van der Waals surface area contributed by atoms with Gasteiger partial charge in [0.1, 0.15) is 17.3 Å². The van der Waals surface area contributed by atoms with Crippen molar-refractivity contribution in [1.29, 1.82) is 0 Å². The molecule has 1 amide bonds. The summed E-state index contributed by atoms with van der Waals surface area (Å²) in [4.78, 5) is 22.8. The average Bonchev–Trinajstić information content (AvgIpc) is 2.41. The number of nitrogens with two attached hydrogens (primary N) is 1. The predicted octanol–water partition coefficient (Wildman–Crippen LogP) is 0.0653. The van der Waals surface area contributed by atoms with Crippen LogP contribution in [0.3, 0.4) is 0 Å². The lowest BCUT2D eigenvalue weighted by Gasteiger charge is -2.32. The number of aliphatic hydroxyl groups is 2. The Kier molecular flexibility index (Phi) is 6.39. The Balaban J connectivity index is 2.52. The van der Waals surface area contributed by atoms with E-state index >= 15 is 0 Å². The number of hydrogen-bond donors (Lipinski definition) is 5. The zero-order valence-corrected chi connectivity index (χ0v) is 11.8. The monoisotopic (exact) mass is 298 g/mol. The van der Waals surface area contributed by atoms with Gasteiger partial charge in [-0.2, -0.15) is 0 Å². The predicted molar refractivity (Wildman–Crippen MR) is 76.5 cm³/mol. The Labute approximate surface area is 123 Å². The van der Waals surface area contributed by atoms with E-state index in [0.717, 1.165) is 12.8 Å². The molecular formula is C14H22N2O5. The Hall–Kier alpha value is -1.86. The van der Waals surface area contributed by atoms with Gasteiger partial charge in [0.15, 0.2) is 0 Å². The second-order valence-electron chi connectivity index (χ2n) is 5.09. The minimum Gasteiger partial charge on any atom is -0.511 e. The first-order valence-corrected chi connectivity index (χ1v) is 6.91. The topological polar surface area (TPSA) is 133 Å². The van der Waals surface area contributed by atoms with Gasteiger partial charge in [0, 0.05) is 6.42 Å². The number of carbonyl (C=O) groups excluding carboxylic acids is 1. The van der Waals surface area contributed by atoms with Gasteiger partial charge >= 0.3 is 5.97 Å². The highest BCUT2D eigenvalue weighted by Gasteiger charge is 2.44. The van der Waals surface area contributed by atoms with Gasteiger partial charge in [-0.1, -0.05) is 12.5 Å². The number of unbranched alkanes of at least 4 members (excludes halogenated alkanes) is 2. The van der Waals surface area contributed by atoms with E-state index in [1.807, 2.05) is 0 Å². The van der Waals surface area contributed by atoms with Crippen LogP contribution < -0.4 is 11.1 Å². The van der Waals surface area contributed by atoms with Gasteiger partial charge in [-0.05, 0) is 31.5 Å². The maximum absolute atomic E-state index is 11.6. The Morgan fingerprint density at radius 3 is 2.67 bits per heavy atom. The van der Waals surface area contributed by atoms with Crippen LogP contribution in [-0.4, -0.2) is 45.9 Å². The molecule has 0 saturated carbocycles. The normalized spacial score (nSPS) is 24.5. The number of allylic oxidation sites excluding steroid dienone is 2. The van der Waals surface area contributed by atoms with Crippen molar-refractivity contribution in [3.8, 4) is 0 Å². The number of amides is 1. The highest BCUT2D eigenvalue weighted by atomic mass is 16.4. The summed E-state index contributed by atoms with van der Waals surface area (Å²) in [6, 6.07) is 0. The zero-order valence-electron chi connectivity index (χ0n) is 11.8. The van der Waals surface area contributed by atoms with Gasteiger partial charge in [-0.15, -0.1) is 0 Å². The first-order valence-electron chi connectivity index (χ1n) is 6.91. The molecule has 1 rings (SSSR count). The molecule has 0 aromatic carbocycles. The average molecular weight is 298 g/mol.